The van der Waals surface area contributed by atoms with Crippen LogP contribution in [0.4, 0.5) is 0 Å². The van der Waals surface area contributed by atoms with Crippen LogP contribution in [0.1, 0.15) is 18.4 Å². The smallest absolute Gasteiger partial charge is 0.310 e. The van der Waals surface area contributed by atoms with Crippen LogP contribution in [0.15, 0.2) is 46.0 Å². The molecule has 1 atom stereocenters. The lowest BCUT2D eigenvalue weighted by Gasteiger charge is -2.30. The summed E-state index contributed by atoms with van der Waals surface area (Å²) in [5.74, 6) is -0.849. The molecule has 168 valence electrons. The molecule has 3 rings (SSSR count). The molecule has 1 unspecified atom stereocenters. The van der Waals surface area contributed by atoms with E-state index in [0.717, 1.165) is 22.6 Å². The first kappa shape index (κ1) is 23.2. The third-order valence-corrected chi connectivity index (χ3v) is 8.07. The Balaban J connectivity index is 1.39. The summed E-state index contributed by atoms with van der Waals surface area (Å²) in [6.07, 6.45) is 1.09. The molecule has 1 N–H and O–H groups in total. The SMILES string of the molecule is Cc1cccc(OCCNC(=O)COC(=O)C2CCCN(S(=O)(=O)c3cccs3)C2)c1. The summed E-state index contributed by atoms with van der Waals surface area (Å²) >= 11 is 1.15. The minimum Gasteiger partial charge on any atom is -0.492 e. The highest BCUT2D eigenvalue weighted by Crippen LogP contribution is 2.26. The van der Waals surface area contributed by atoms with Crippen molar-refractivity contribution in [1.29, 1.82) is 0 Å². The maximum Gasteiger partial charge on any atom is 0.310 e. The highest BCUT2D eigenvalue weighted by Gasteiger charge is 2.34. The molecule has 0 radical (unpaired) electrons. The van der Waals surface area contributed by atoms with Crippen molar-refractivity contribution in [2.45, 2.75) is 24.0 Å². The van der Waals surface area contributed by atoms with Gasteiger partial charge in [0.2, 0.25) is 0 Å². The van der Waals surface area contributed by atoms with Gasteiger partial charge < -0.3 is 14.8 Å². The third kappa shape index (κ3) is 6.52. The van der Waals surface area contributed by atoms with Crippen LogP contribution in [0.3, 0.4) is 0 Å². The van der Waals surface area contributed by atoms with Crippen LogP contribution in [-0.2, 0) is 24.3 Å². The number of ether oxygens (including phenoxy) is 2. The second kappa shape index (κ2) is 10.7. The molecule has 2 heterocycles. The monoisotopic (exact) mass is 466 g/mol. The van der Waals surface area contributed by atoms with E-state index in [4.69, 9.17) is 9.47 Å². The minimum atomic E-state index is -3.61. The van der Waals surface area contributed by atoms with Gasteiger partial charge in [0.25, 0.3) is 15.9 Å². The van der Waals surface area contributed by atoms with E-state index in [2.05, 4.69) is 5.32 Å². The van der Waals surface area contributed by atoms with Crippen molar-refractivity contribution in [2.24, 2.45) is 5.92 Å². The third-order valence-electron chi connectivity index (χ3n) is 4.83. The van der Waals surface area contributed by atoms with Crippen LogP contribution in [0, 0.1) is 12.8 Å². The van der Waals surface area contributed by atoms with Crippen LogP contribution in [0.5, 0.6) is 5.75 Å². The first-order valence-corrected chi connectivity index (χ1v) is 12.3. The average Bonchev–Trinajstić information content (AvgIpc) is 3.31. The molecule has 31 heavy (non-hydrogen) atoms. The Morgan fingerprint density at radius 2 is 2.10 bits per heavy atom. The standard InChI is InChI=1S/C21H26N2O6S2/c1-16-5-2-7-18(13-16)28-11-9-22-19(24)15-29-21(25)17-6-3-10-23(14-17)31(26,27)20-8-4-12-30-20/h2,4-5,7-8,12-13,17H,3,6,9-11,14-15H2,1H3,(H,22,24). The number of carbonyl (C=O) groups excluding carboxylic acids is 2. The number of nitrogens with zero attached hydrogens (tertiary/aromatic N) is 1. The van der Waals surface area contributed by atoms with Crippen LogP contribution in [0.2, 0.25) is 0 Å². The van der Waals surface area contributed by atoms with Gasteiger partial charge in [0.1, 0.15) is 16.6 Å². The van der Waals surface area contributed by atoms with Crippen LogP contribution in [0.25, 0.3) is 0 Å². The Hall–Kier alpha value is -2.43. The fourth-order valence-electron chi connectivity index (χ4n) is 3.26. The van der Waals surface area contributed by atoms with E-state index in [-0.39, 0.29) is 17.3 Å². The molecule has 1 aromatic carbocycles. The first-order chi connectivity index (χ1) is 14.9. The number of rotatable bonds is 9. The topological polar surface area (TPSA) is 102 Å². The second-order valence-electron chi connectivity index (χ2n) is 7.26. The molecule has 1 fully saturated rings. The number of carbonyl (C=O) groups is 2. The summed E-state index contributed by atoms with van der Waals surface area (Å²) in [5.41, 5.74) is 1.08. The molecule has 0 spiro atoms. The largest absolute Gasteiger partial charge is 0.492 e. The summed E-state index contributed by atoms with van der Waals surface area (Å²) in [4.78, 5) is 24.3. The Kier molecular flexibility index (Phi) is 8.05. The van der Waals surface area contributed by atoms with Gasteiger partial charge in [-0.05, 0) is 48.9 Å². The number of sulfonamides is 1. The predicted molar refractivity (Wildman–Crippen MR) is 116 cm³/mol. The summed E-state index contributed by atoms with van der Waals surface area (Å²) in [7, 11) is -3.61. The van der Waals surface area contributed by atoms with E-state index in [1.807, 2.05) is 31.2 Å². The molecule has 2 aromatic rings. The Labute approximate surface area is 186 Å². The Morgan fingerprint density at radius 3 is 2.84 bits per heavy atom. The molecule has 1 saturated heterocycles. The van der Waals surface area contributed by atoms with Gasteiger partial charge in [0, 0.05) is 13.1 Å². The van der Waals surface area contributed by atoms with E-state index < -0.39 is 34.4 Å². The fraction of sp³-hybridized carbons (Fsp3) is 0.429. The van der Waals surface area contributed by atoms with Crippen molar-refractivity contribution >= 4 is 33.2 Å². The van der Waals surface area contributed by atoms with E-state index >= 15 is 0 Å². The Morgan fingerprint density at radius 1 is 1.26 bits per heavy atom. The molecular weight excluding hydrogens is 440 g/mol. The van der Waals surface area contributed by atoms with E-state index in [9.17, 15) is 18.0 Å². The van der Waals surface area contributed by atoms with Gasteiger partial charge in [-0.3, -0.25) is 9.59 Å². The van der Waals surface area contributed by atoms with Crippen LogP contribution < -0.4 is 10.1 Å². The fourth-order valence-corrected chi connectivity index (χ4v) is 5.93. The van der Waals surface area contributed by atoms with Gasteiger partial charge in [-0.25, -0.2) is 8.42 Å². The lowest BCUT2D eigenvalue weighted by atomic mass is 10.0. The number of hydrogen-bond donors (Lipinski definition) is 1. The average molecular weight is 467 g/mol. The van der Waals surface area contributed by atoms with Crippen LogP contribution in [-0.4, -0.2) is 57.4 Å². The quantitative estimate of drug-likeness (QED) is 0.449. The van der Waals surface area contributed by atoms with Gasteiger partial charge in [-0.1, -0.05) is 18.2 Å². The minimum absolute atomic E-state index is 0.0605. The van der Waals surface area contributed by atoms with Crippen molar-refractivity contribution in [3.8, 4) is 5.75 Å². The lowest BCUT2D eigenvalue weighted by molar-refractivity contribution is -0.153. The zero-order valence-corrected chi connectivity index (χ0v) is 18.9. The number of esters is 1. The van der Waals surface area contributed by atoms with E-state index in [0.29, 0.717) is 26.0 Å². The first-order valence-electron chi connectivity index (χ1n) is 10.0. The summed E-state index contributed by atoms with van der Waals surface area (Å²) in [6.45, 7) is 2.56. The summed E-state index contributed by atoms with van der Waals surface area (Å²) < 4.78 is 37.6. The molecule has 1 aliphatic heterocycles. The molecule has 1 amide bonds. The summed E-state index contributed by atoms with van der Waals surface area (Å²) in [5, 5.41) is 4.33. The number of benzene rings is 1. The molecule has 1 aromatic heterocycles. The maximum atomic E-state index is 12.7. The normalized spacial score (nSPS) is 17.1. The molecule has 1 aliphatic rings. The number of thiophene rings is 1. The van der Waals surface area contributed by atoms with Crippen molar-refractivity contribution in [3.05, 3.63) is 47.3 Å². The predicted octanol–water partition coefficient (Wildman–Crippen LogP) is 2.20. The molecular formula is C21H26N2O6S2. The van der Waals surface area contributed by atoms with Crippen molar-refractivity contribution in [3.63, 3.8) is 0 Å². The molecule has 8 nitrogen and oxygen atoms in total. The number of piperidine rings is 1. The highest BCUT2D eigenvalue weighted by atomic mass is 32.2. The summed E-state index contributed by atoms with van der Waals surface area (Å²) in [6, 6.07) is 10.8. The van der Waals surface area contributed by atoms with Crippen molar-refractivity contribution in [2.75, 3.05) is 32.8 Å². The molecule has 10 heteroatoms. The van der Waals surface area contributed by atoms with Gasteiger partial charge in [0.05, 0.1) is 12.5 Å². The van der Waals surface area contributed by atoms with E-state index in [1.165, 1.54) is 4.31 Å². The van der Waals surface area contributed by atoms with E-state index in [1.54, 1.807) is 17.5 Å². The zero-order chi connectivity index (χ0) is 22.3. The number of aryl methyl sites for hydroxylation is 1. The Bertz CT molecular complexity index is 991. The maximum absolute atomic E-state index is 12.7. The van der Waals surface area contributed by atoms with Gasteiger partial charge in [0.15, 0.2) is 6.61 Å². The number of nitrogens with one attached hydrogen (secondary N) is 1. The number of amides is 1. The van der Waals surface area contributed by atoms with Crippen LogP contribution >= 0.6 is 11.3 Å². The highest BCUT2D eigenvalue weighted by molar-refractivity contribution is 7.91. The zero-order valence-electron chi connectivity index (χ0n) is 17.3. The van der Waals surface area contributed by atoms with Gasteiger partial charge in [-0.2, -0.15) is 4.31 Å². The van der Waals surface area contributed by atoms with Gasteiger partial charge in [-0.15, -0.1) is 11.3 Å². The molecule has 0 aliphatic carbocycles. The molecule has 0 bridgehead atoms. The van der Waals surface area contributed by atoms with Crippen molar-refractivity contribution < 1.29 is 27.5 Å². The second-order valence-corrected chi connectivity index (χ2v) is 10.4. The molecule has 0 saturated carbocycles. The number of hydrogen-bond acceptors (Lipinski definition) is 7. The van der Waals surface area contributed by atoms with Crippen molar-refractivity contribution in [1.82, 2.24) is 9.62 Å². The van der Waals surface area contributed by atoms with Gasteiger partial charge >= 0.3 is 5.97 Å². The lowest BCUT2D eigenvalue weighted by Crippen LogP contribution is -2.43.